The van der Waals surface area contributed by atoms with Gasteiger partial charge < -0.3 is 20.3 Å². The van der Waals surface area contributed by atoms with Crippen LogP contribution in [0.15, 0.2) is 54.9 Å². The van der Waals surface area contributed by atoms with E-state index in [4.69, 9.17) is 16.3 Å². The Morgan fingerprint density at radius 1 is 1.07 bits per heavy atom. The van der Waals surface area contributed by atoms with Gasteiger partial charge in [0.25, 0.3) is 5.91 Å². The fourth-order valence-electron chi connectivity index (χ4n) is 2.50. The Kier molecular flexibility index (Phi) is 5.96. The van der Waals surface area contributed by atoms with E-state index in [9.17, 15) is 4.79 Å². The fourth-order valence-corrected chi connectivity index (χ4v) is 2.68. The Morgan fingerprint density at radius 3 is 2.50 bits per heavy atom. The van der Waals surface area contributed by atoms with Gasteiger partial charge in [-0.15, -0.1) is 0 Å². The highest BCUT2D eigenvalue weighted by atomic mass is 35.5. The van der Waals surface area contributed by atoms with Gasteiger partial charge in [0, 0.05) is 36.6 Å². The van der Waals surface area contributed by atoms with Crippen LogP contribution in [0, 0.1) is 0 Å². The van der Waals surface area contributed by atoms with Gasteiger partial charge in [0.2, 0.25) is 0 Å². The van der Waals surface area contributed by atoms with Crippen LogP contribution in [-0.4, -0.2) is 37.1 Å². The van der Waals surface area contributed by atoms with E-state index in [1.807, 2.05) is 43.3 Å². The van der Waals surface area contributed by atoms with Crippen LogP contribution in [0.25, 0.3) is 0 Å². The third-order valence-electron chi connectivity index (χ3n) is 3.97. The van der Waals surface area contributed by atoms with Gasteiger partial charge in [-0.3, -0.25) is 4.79 Å². The van der Waals surface area contributed by atoms with Gasteiger partial charge in [0.1, 0.15) is 23.6 Å². The first-order valence-corrected chi connectivity index (χ1v) is 8.85. The van der Waals surface area contributed by atoms with Crippen LogP contribution >= 0.6 is 11.6 Å². The molecule has 2 aromatic carbocycles. The Labute approximate surface area is 168 Å². The molecule has 1 amide bonds. The maximum absolute atomic E-state index is 12.5. The highest BCUT2D eigenvalue weighted by Crippen LogP contribution is 2.30. The van der Waals surface area contributed by atoms with Gasteiger partial charge >= 0.3 is 0 Å². The maximum atomic E-state index is 12.5. The molecule has 7 nitrogen and oxygen atoms in total. The molecule has 0 fully saturated rings. The van der Waals surface area contributed by atoms with Crippen molar-refractivity contribution in [2.75, 3.05) is 36.7 Å². The number of nitrogens with zero attached hydrogens (tertiary/aromatic N) is 3. The minimum Gasteiger partial charge on any atom is -0.495 e. The van der Waals surface area contributed by atoms with Gasteiger partial charge in [-0.1, -0.05) is 11.6 Å². The van der Waals surface area contributed by atoms with Crippen molar-refractivity contribution in [1.29, 1.82) is 0 Å². The average molecular weight is 398 g/mol. The summed E-state index contributed by atoms with van der Waals surface area (Å²) >= 11 is 6.05. The number of ether oxygens (including phenoxy) is 1. The predicted molar refractivity (Wildman–Crippen MR) is 112 cm³/mol. The van der Waals surface area contributed by atoms with Gasteiger partial charge in [-0.05, 0) is 42.5 Å². The second kappa shape index (κ2) is 8.58. The number of carbonyl (C=O) groups is 1. The Bertz CT molecular complexity index is 977. The molecule has 0 spiro atoms. The Morgan fingerprint density at radius 2 is 1.82 bits per heavy atom. The SMILES string of the molecule is COc1ccc(Cl)cc1Nc1cc(C(=O)Nc2ccc(N(C)C)cc2)ncn1. The molecule has 1 heterocycles. The van der Waals surface area contributed by atoms with Crippen LogP contribution in [0.1, 0.15) is 10.5 Å². The lowest BCUT2D eigenvalue weighted by molar-refractivity contribution is 0.102. The van der Waals surface area contributed by atoms with Crippen molar-refractivity contribution >= 4 is 40.4 Å². The minimum atomic E-state index is -0.332. The summed E-state index contributed by atoms with van der Waals surface area (Å²) in [5.41, 5.74) is 2.59. The topological polar surface area (TPSA) is 79.4 Å². The number of methoxy groups -OCH3 is 1. The molecule has 28 heavy (non-hydrogen) atoms. The zero-order valence-corrected chi connectivity index (χ0v) is 16.5. The molecule has 1 aromatic heterocycles. The molecule has 0 aliphatic carbocycles. The summed E-state index contributed by atoms with van der Waals surface area (Å²) < 4.78 is 5.31. The Hall–Kier alpha value is -3.32. The molecule has 144 valence electrons. The van der Waals surface area contributed by atoms with Gasteiger partial charge in [-0.25, -0.2) is 9.97 Å². The van der Waals surface area contributed by atoms with Crippen molar-refractivity contribution < 1.29 is 9.53 Å². The van der Waals surface area contributed by atoms with E-state index in [1.54, 1.807) is 31.4 Å². The van der Waals surface area contributed by atoms with E-state index in [2.05, 4.69) is 20.6 Å². The van der Waals surface area contributed by atoms with Crippen molar-refractivity contribution in [3.05, 3.63) is 65.6 Å². The first kappa shape index (κ1) is 19.4. The molecule has 0 aliphatic rings. The van der Waals surface area contributed by atoms with E-state index in [0.29, 0.717) is 28.0 Å². The summed E-state index contributed by atoms with van der Waals surface area (Å²) in [5.74, 6) is 0.722. The molecule has 8 heteroatoms. The van der Waals surface area contributed by atoms with Crippen LogP contribution < -0.4 is 20.3 Å². The number of nitrogens with one attached hydrogen (secondary N) is 2. The van der Waals surface area contributed by atoms with Crippen LogP contribution in [0.2, 0.25) is 5.02 Å². The molecule has 2 N–H and O–H groups in total. The normalized spacial score (nSPS) is 10.3. The number of rotatable bonds is 6. The molecule has 0 aliphatic heterocycles. The van der Waals surface area contributed by atoms with E-state index in [1.165, 1.54) is 6.33 Å². The van der Waals surface area contributed by atoms with Crippen LogP contribution in [0.3, 0.4) is 0 Å². The number of hydrogen-bond acceptors (Lipinski definition) is 6. The highest BCUT2D eigenvalue weighted by Gasteiger charge is 2.11. The minimum absolute atomic E-state index is 0.232. The molecular weight excluding hydrogens is 378 g/mol. The van der Waals surface area contributed by atoms with E-state index in [-0.39, 0.29) is 11.6 Å². The lowest BCUT2D eigenvalue weighted by atomic mass is 10.2. The molecule has 3 aromatic rings. The maximum Gasteiger partial charge on any atom is 0.274 e. The van der Waals surface area contributed by atoms with E-state index < -0.39 is 0 Å². The van der Waals surface area contributed by atoms with E-state index >= 15 is 0 Å². The van der Waals surface area contributed by atoms with Crippen molar-refractivity contribution in [2.24, 2.45) is 0 Å². The Balaban J connectivity index is 1.75. The number of halogens is 1. The first-order chi connectivity index (χ1) is 13.5. The number of hydrogen-bond donors (Lipinski definition) is 2. The number of anilines is 4. The van der Waals surface area contributed by atoms with Crippen LogP contribution in [0.4, 0.5) is 22.9 Å². The molecule has 0 bridgehead atoms. The number of amides is 1. The second-order valence-corrected chi connectivity index (χ2v) is 6.59. The smallest absolute Gasteiger partial charge is 0.274 e. The van der Waals surface area contributed by atoms with Gasteiger partial charge in [0.05, 0.1) is 12.8 Å². The first-order valence-electron chi connectivity index (χ1n) is 8.47. The largest absolute Gasteiger partial charge is 0.495 e. The number of carbonyl (C=O) groups excluding carboxylic acids is 1. The van der Waals surface area contributed by atoms with Crippen molar-refractivity contribution in [3.63, 3.8) is 0 Å². The number of benzene rings is 2. The molecular formula is C20H20ClN5O2. The lowest BCUT2D eigenvalue weighted by Crippen LogP contribution is -2.14. The zero-order chi connectivity index (χ0) is 20.1. The average Bonchev–Trinajstić information content (AvgIpc) is 2.69. The van der Waals surface area contributed by atoms with E-state index in [0.717, 1.165) is 5.69 Å². The standard InChI is InChI=1S/C20H20ClN5O2/c1-26(2)15-7-5-14(6-8-15)24-20(27)17-11-19(23-12-22-17)25-16-10-13(21)4-9-18(16)28-3/h4-12H,1-3H3,(H,24,27)(H,22,23,25). The van der Waals surface area contributed by atoms with Crippen molar-refractivity contribution in [3.8, 4) is 5.75 Å². The summed E-state index contributed by atoms with van der Waals surface area (Å²) in [6.45, 7) is 0. The zero-order valence-electron chi connectivity index (χ0n) is 15.7. The summed E-state index contributed by atoms with van der Waals surface area (Å²) in [4.78, 5) is 22.7. The summed E-state index contributed by atoms with van der Waals surface area (Å²) in [6, 6.07) is 14.3. The second-order valence-electron chi connectivity index (χ2n) is 6.15. The molecule has 3 rings (SSSR count). The molecule has 0 saturated heterocycles. The predicted octanol–water partition coefficient (Wildman–Crippen LogP) is 4.20. The quantitative estimate of drug-likeness (QED) is 0.649. The molecule has 0 atom stereocenters. The summed E-state index contributed by atoms with van der Waals surface area (Å²) in [7, 11) is 5.48. The third-order valence-corrected chi connectivity index (χ3v) is 4.20. The van der Waals surface area contributed by atoms with Gasteiger partial charge in [0.15, 0.2) is 0 Å². The molecule has 0 saturated carbocycles. The summed E-state index contributed by atoms with van der Waals surface area (Å²) in [6.07, 6.45) is 1.32. The lowest BCUT2D eigenvalue weighted by Gasteiger charge is -2.13. The third kappa shape index (κ3) is 4.69. The van der Waals surface area contributed by atoms with Crippen LogP contribution in [0.5, 0.6) is 5.75 Å². The fraction of sp³-hybridized carbons (Fsp3) is 0.150. The van der Waals surface area contributed by atoms with Crippen LogP contribution in [-0.2, 0) is 0 Å². The summed E-state index contributed by atoms with van der Waals surface area (Å²) in [5, 5.41) is 6.48. The van der Waals surface area contributed by atoms with Gasteiger partial charge in [-0.2, -0.15) is 0 Å². The molecule has 0 radical (unpaired) electrons. The van der Waals surface area contributed by atoms with Crippen molar-refractivity contribution in [2.45, 2.75) is 0 Å². The molecule has 0 unspecified atom stereocenters. The number of aromatic nitrogens is 2. The monoisotopic (exact) mass is 397 g/mol. The van der Waals surface area contributed by atoms with Crippen molar-refractivity contribution in [1.82, 2.24) is 9.97 Å². The highest BCUT2D eigenvalue weighted by molar-refractivity contribution is 6.31.